The van der Waals surface area contributed by atoms with Crippen molar-refractivity contribution in [1.29, 1.82) is 0 Å². The van der Waals surface area contributed by atoms with E-state index >= 15 is 0 Å². The molecule has 1 fully saturated rings. The molecule has 2 aromatic carbocycles. The minimum Gasteiger partial charge on any atom is -0.377 e. The molecule has 6 nitrogen and oxygen atoms in total. The molecule has 1 N–H and O–H groups in total. The van der Waals surface area contributed by atoms with Gasteiger partial charge in [0, 0.05) is 30.8 Å². The van der Waals surface area contributed by atoms with Crippen molar-refractivity contribution in [3.05, 3.63) is 54.1 Å². The van der Waals surface area contributed by atoms with E-state index < -0.39 is 10.0 Å². The Hall–Kier alpha value is -2.38. The Labute approximate surface area is 153 Å². The van der Waals surface area contributed by atoms with Crippen molar-refractivity contribution in [1.82, 2.24) is 0 Å². The molecule has 3 rings (SSSR count). The molecule has 1 heterocycles. The van der Waals surface area contributed by atoms with E-state index in [9.17, 15) is 13.2 Å². The van der Waals surface area contributed by atoms with E-state index in [4.69, 9.17) is 4.74 Å². The zero-order valence-electron chi connectivity index (χ0n) is 14.6. The van der Waals surface area contributed by atoms with Crippen LogP contribution in [0.2, 0.25) is 0 Å². The van der Waals surface area contributed by atoms with Crippen molar-refractivity contribution in [2.75, 3.05) is 22.8 Å². The maximum absolute atomic E-state index is 12.7. The summed E-state index contributed by atoms with van der Waals surface area (Å²) in [5.41, 5.74) is 2.00. The van der Waals surface area contributed by atoms with Gasteiger partial charge in [0.1, 0.15) is 0 Å². The maximum atomic E-state index is 12.7. The normalized spacial score (nSPS) is 14.7. The summed E-state index contributed by atoms with van der Waals surface area (Å²) in [6.45, 7) is 3.45. The lowest BCUT2D eigenvalue weighted by atomic mass is 10.2. The summed E-state index contributed by atoms with van der Waals surface area (Å²) in [6, 6.07) is 13.5. The van der Waals surface area contributed by atoms with E-state index in [1.54, 1.807) is 29.2 Å². The highest BCUT2D eigenvalue weighted by Gasteiger charge is 2.22. The first-order valence-corrected chi connectivity index (χ1v) is 10.1. The molecular weight excluding hydrogens is 352 g/mol. The Bertz CT molecular complexity index is 879. The Morgan fingerprint density at radius 2 is 1.85 bits per heavy atom. The van der Waals surface area contributed by atoms with Gasteiger partial charge in [-0.25, -0.2) is 8.42 Å². The predicted octanol–water partition coefficient (Wildman–Crippen LogP) is 3.15. The first-order chi connectivity index (χ1) is 12.5. The van der Waals surface area contributed by atoms with Gasteiger partial charge in [-0.05, 0) is 43.7 Å². The Balaban J connectivity index is 1.79. The topological polar surface area (TPSA) is 75.7 Å². The Morgan fingerprint density at radius 1 is 1.12 bits per heavy atom. The summed E-state index contributed by atoms with van der Waals surface area (Å²) in [4.78, 5) is 13.6. The highest BCUT2D eigenvalue weighted by atomic mass is 32.2. The van der Waals surface area contributed by atoms with Crippen LogP contribution in [0.15, 0.2) is 53.4 Å². The Kier molecular flexibility index (Phi) is 5.58. The SMILES string of the molecule is CCOCc1ccccc1NS(=O)(=O)c1ccc(N2CCCC2=O)cc1. The maximum Gasteiger partial charge on any atom is 0.261 e. The molecule has 1 amide bonds. The van der Waals surface area contributed by atoms with Gasteiger partial charge < -0.3 is 9.64 Å². The third-order valence-electron chi connectivity index (χ3n) is 4.26. The van der Waals surface area contributed by atoms with Gasteiger partial charge in [-0.1, -0.05) is 18.2 Å². The molecule has 0 unspecified atom stereocenters. The van der Waals surface area contributed by atoms with Crippen LogP contribution in [0, 0.1) is 0 Å². The monoisotopic (exact) mass is 374 g/mol. The van der Waals surface area contributed by atoms with Crippen molar-refractivity contribution in [3.8, 4) is 0 Å². The molecule has 26 heavy (non-hydrogen) atoms. The van der Waals surface area contributed by atoms with Crippen LogP contribution in [-0.2, 0) is 26.2 Å². The lowest BCUT2D eigenvalue weighted by Crippen LogP contribution is -2.23. The van der Waals surface area contributed by atoms with Gasteiger partial charge >= 0.3 is 0 Å². The molecule has 2 aromatic rings. The van der Waals surface area contributed by atoms with Crippen molar-refractivity contribution < 1.29 is 17.9 Å². The number of hydrogen-bond donors (Lipinski definition) is 1. The minimum absolute atomic E-state index is 0.0728. The lowest BCUT2D eigenvalue weighted by Gasteiger charge is -2.16. The number of anilines is 2. The molecule has 1 saturated heterocycles. The lowest BCUT2D eigenvalue weighted by molar-refractivity contribution is -0.117. The first-order valence-electron chi connectivity index (χ1n) is 8.60. The van der Waals surface area contributed by atoms with Gasteiger partial charge in [0.15, 0.2) is 0 Å². The summed E-state index contributed by atoms with van der Waals surface area (Å²) in [5, 5.41) is 0. The zero-order chi connectivity index (χ0) is 18.6. The number of ether oxygens (including phenoxy) is 1. The number of nitrogens with one attached hydrogen (secondary N) is 1. The number of carbonyl (C=O) groups excluding carboxylic acids is 1. The number of nitrogens with zero attached hydrogens (tertiary/aromatic N) is 1. The van der Waals surface area contributed by atoms with Crippen LogP contribution in [0.1, 0.15) is 25.3 Å². The quantitative estimate of drug-likeness (QED) is 0.808. The van der Waals surface area contributed by atoms with Crippen LogP contribution in [0.5, 0.6) is 0 Å². The van der Waals surface area contributed by atoms with E-state index in [2.05, 4.69) is 4.72 Å². The van der Waals surface area contributed by atoms with E-state index in [-0.39, 0.29) is 10.8 Å². The predicted molar refractivity (Wildman–Crippen MR) is 101 cm³/mol. The summed E-state index contributed by atoms with van der Waals surface area (Å²) >= 11 is 0. The molecule has 138 valence electrons. The fourth-order valence-electron chi connectivity index (χ4n) is 2.89. The molecule has 0 atom stereocenters. The van der Waals surface area contributed by atoms with Crippen LogP contribution in [0.3, 0.4) is 0 Å². The van der Waals surface area contributed by atoms with Crippen LogP contribution >= 0.6 is 0 Å². The van der Waals surface area contributed by atoms with E-state index in [1.807, 2.05) is 19.1 Å². The van der Waals surface area contributed by atoms with E-state index in [1.165, 1.54) is 12.1 Å². The largest absolute Gasteiger partial charge is 0.377 e. The van der Waals surface area contributed by atoms with Crippen LogP contribution in [0.4, 0.5) is 11.4 Å². The molecule has 0 bridgehead atoms. The van der Waals surface area contributed by atoms with Crippen LogP contribution < -0.4 is 9.62 Å². The highest BCUT2D eigenvalue weighted by molar-refractivity contribution is 7.92. The summed E-state index contributed by atoms with van der Waals surface area (Å²) in [5.74, 6) is 0.0728. The van der Waals surface area contributed by atoms with E-state index in [0.29, 0.717) is 31.9 Å². The van der Waals surface area contributed by atoms with Gasteiger partial charge in [-0.15, -0.1) is 0 Å². The third kappa shape index (κ3) is 4.05. The van der Waals surface area contributed by atoms with Crippen molar-refractivity contribution >= 4 is 27.3 Å². The van der Waals surface area contributed by atoms with Gasteiger partial charge in [0.25, 0.3) is 10.0 Å². The number of para-hydroxylation sites is 1. The summed E-state index contributed by atoms with van der Waals surface area (Å²) in [7, 11) is -3.72. The second-order valence-corrected chi connectivity index (χ2v) is 7.73. The molecule has 7 heteroatoms. The molecule has 0 spiro atoms. The Morgan fingerprint density at radius 3 is 2.50 bits per heavy atom. The number of sulfonamides is 1. The second-order valence-electron chi connectivity index (χ2n) is 6.04. The molecule has 0 radical (unpaired) electrons. The van der Waals surface area contributed by atoms with Gasteiger partial charge in [-0.2, -0.15) is 0 Å². The molecule has 0 aliphatic carbocycles. The standard InChI is InChI=1S/C19H22N2O4S/c1-2-25-14-15-6-3-4-7-18(15)20-26(23,24)17-11-9-16(10-12-17)21-13-5-8-19(21)22/h3-4,6-7,9-12,20H,2,5,8,13-14H2,1H3. The van der Waals surface area contributed by atoms with Gasteiger partial charge in [0.2, 0.25) is 5.91 Å². The van der Waals surface area contributed by atoms with Crippen LogP contribution in [0.25, 0.3) is 0 Å². The van der Waals surface area contributed by atoms with Crippen molar-refractivity contribution in [2.45, 2.75) is 31.3 Å². The van der Waals surface area contributed by atoms with Crippen molar-refractivity contribution in [3.63, 3.8) is 0 Å². The number of rotatable bonds is 7. The minimum atomic E-state index is -3.72. The molecule has 1 aliphatic rings. The fourth-order valence-corrected chi connectivity index (χ4v) is 3.99. The molecule has 0 saturated carbocycles. The fraction of sp³-hybridized carbons (Fsp3) is 0.316. The summed E-state index contributed by atoms with van der Waals surface area (Å²) < 4.78 is 33.4. The highest BCUT2D eigenvalue weighted by Crippen LogP contribution is 2.25. The number of benzene rings is 2. The summed E-state index contributed by atoms with van der Waals surface area (Å²) in [6.07, 6.45) is 1.37. The second kappa shape index (κ2) is 7.88. The molecule has 1 aliphatic heterocycles. The number of hydrogen-bond acceptors (Lipinski definition) is 4. The first kappa shape index (κ1) is 18.4. The molecule has 0 aromatic heterocycles. The molecular formula is C19H22N2O4S. The number of amides is 1. The zero-order valence-corrected chi connectivity index (χ0v) is 15.5. The van der Waals surface area contributed by atoms with Gasteiger partial charge in [-0.3, -0.25) is 9.52 Å². The van der Waals surface area contributed by atoms with E-state index in [0.717, 1.165) is 17.7 Å². The average Bonchev–Trinajstić information content (AvgIpc) is 3.07. The smallest absolute Gasteiger partial charge is 0.261 e. The average molecular weight is 374 g/mol. The van der Waals surface area contributed by atoms with Crippen LogP contribution in [-0.4, -0.2) is 27.5 Å². The van der Waals surface area contributed by atoms with Crippen molar-refractivity contribution in [2.24, 2.45) is 0 Å². The number of carbonyl (C=O) groups is 1. The van der Waals surface area contributed by atoms with Gasteiger partial charge in [0.05, 0.1) is 17.2 Å². The third-order valence-corrected chi connectivity index (χ3v) is 5.64.